The number of halogens is 2. The van der Waals surface area contributed by atoms with Crippen LogP contribution in [0.3, 0.4) is 0 Å². The fourth-order valence-electron chi connectivity index (χ4n) is 1.69. The lowest BCUT2D eigenvalue weighted by molar-refractivity contribution is 1.25. The summed E-state index contributed by atoms with van der Waals surface area (Å²) in [4.78, 5) is 4.23. The highest BCUT2D eigenvalue weighted by Crippen LogP contribution is 2.32. The zero-order chi connectivity index (χ0) is 13.3. The van der Waals surface area contributed by atoms with Gasteiger partial charge in [0, 0.05) is 6.20 Å². The topological polar surface area (TPSA) is 50.9 Å². The lowest BCUT2D eigenvalue weighted by Gasteiger charge is -2.12. The molecule has 18 heavy (non-hydrogen) atoms. The zero-order valence-electron chi connectivity index (χ0n) is 10.1. The van der Waals surface area contributed by atoms with E-state index in [1.165, 1.54) is 0 Å². The van der Waals surface area contributed by atoms with Crippen molar-refractivity contribution in [2.24, 2.45) is 0 Å². The van der Waals surface area contributed by atoms with Crippen LogP contribution in [0, 0.1) is 13.8 Å². The molecule has 1 heterocycles. The average molecular weight is 282 g/mol. The largest absolute Gasteiger partial charge is 0.397 e. The van der Waals surface area contributed by atoms with Crippen LogP contribution in [0.15, 0.2) is 24.4 Å². The Balaban J connectivity index is 2.40. The van der Waals surface area contributed by atoms with Gasteiger partial charge >= 0.3 is 0 Å². The number of nitrogens with two attached hydrogens (primary N) is 1. The number of benzene rings is 1. The van der Waals surface area contributed by atoms with Crippen molar-refractivity contribution in [3.63, 3.8) is 0 Å². The van der Waals surface area contributed by atoms with Gasteiger partial charge in [-0.2, -0.15) is 0 Å². The molecule has 0 fully saturated rings. The van der Waals surface area contributed by atoms with Crippen LogP contribution < -0.4 is 11.1 Å². The number of aryl methyl sites for hydroxylation is 2. The Morgan fingerprint density at radius 2 is 1.89 bits per heavy atom. The molecule has 3 nitrogen and oxygen atoms in total. The van der Waals surface area contributed by atoms with Gasteiger partial charge in [0.1, 0.15) is 5.82 Å². The number of nitrogens with zero attached hydrogens (tertiary/aromatic N) is 1. The molecule has 0 spiro atoms. The number of anilines is 3. The lowest BCUT2D eigenvalue weighted by atomic mass is 10.2. The Bertz CT molecular complexity index is 597. The summed E-state index contributed by atoms with van der Waals surface area (Å²) in [7, 11) is 0. The van der Waals surface area contributed by atoms with E-state index in [-0.39, 0.29) is 0 Å². The number of aromatic nitrogens is 1. The molecule has 1 aromatic carbocycles. The molecule has 1 aromatic heterocycles. The third-order valence-electron chi connectivity index (χ3n) is 2.54. The number of hydrogen-bond donors (Lipinski definition) is 2. The normalized spacial score (nSPS) is 10.4. The van der Waals surface area contributed by atoms with Crippen LogP contribution in [-0.2, 0) is 0 Å². The summed E-state index contributed by atoms with van der Waals surface area (Å²) in [5.74, 6) is 0.714. The minimum atomic E-state index is 0.497. The van der Waals surface area contributed by atoms with Crippen LogP contribution in [0.2, 0.25) is 10.0 Å². The highest BCUT2D eigenvalue weighted by Gasteiger charge is 2.08. The molecular weight excluding hydrogens is 269 g/mol. The van der Waals surface area contributed by atoms with Crippen molar-refractivity contribution < 1.29 is 0 Å². The first-order chi connectivity index (χ1) is 8.47. The number of nitrogens with one attached hydrogen (secondary N) is 1. The molecule has 0 bridgehead atoms. The van der Waals surface area contributed by atoms with Gasteiger partial charge in [-0.25, -0.2) is 4.98 Å². The van der Waals surface area contributed by atoms with E-state index < -0.39 is 0 Å². The quantitative estimate of drug-likeness (QED) is 0.806. The summed E-state index contributed by atoms with van der Waals surface area (Å²) in [6.45, 7) is 3.88. The summed E-state index contributed by atoms with van der Waals surface area (Å²) in [5, 5.41) is 4.27. The van der Waals surface area contributed by atoms with Gasteiger partial charge in [0.2, 0.25) is 0 Å². The Labute approximate surface area is 116 Å². The van der Waals surface area contributed by atoms with E-state index in [4.69, 9.17) is 28.9 Å². The van der Waals surface area contributed by atoms with Gasteiger partial charge in [0.15, 0.2) is 0 Å². The van der Waals surface area contributed by atoms with Crippen LogP contribution in [-0.4, -0.2) is 4.98 Å². The zero-order valence-corrected chi connectivity index (χ0v) is 11.6. The summed E-state index contributed by atoms with van der Waals surface area (Å²) in [5.41, 5.74) is 9.09. The average Bonchev–Trinajstić information content (AvgIpc) is 2.29. The van der Waals surface area contributed by atoms with Gasteiger partial charge in [-0.15, -0.1) is 0 Å². The molecular formula is C13H13Cl2N3. The minimum absolute atomic E-state index is 0.497. The monoisotopic (exact) mass is 281 g/mol. The van der Waals surface area contributed by atoms with E-state index in [1.807, 2.05) is 32.0 Å². The maximum Gasteiger partial charge on any atom is 0.133 e. The van der Waals surface area contributed by atoms with E-state index in [9.17, 15) is 0 Å². The smallest absolute Gasteiger partial charge is 0.133 e. The second-order valence-corrected chi connectivity index (χ2v) is 4.97. The molecule has 0 unspecified atom stereocenters. The van der Waals surface area contributed by atoms with Crippen LogP contribution >= 0.6 is 23.2 Å². The van der Waals surface area contributed by atoms with E-state index in [2.05, 4.69) is 10.3 Å². The Morgan fingerprint density at radius 1 is 1.17 bits per heavy atom. The van der Waals surface area contributed by atoms with Crippen LogP contribution in [0.1, 0.15) is 11.1 Å². The molecule has 2 aromatic rings. The first-order valence-electron chi connectivity index (χ1n) is 5.42. The molecule has 94 valence electrons. The van der Waals surface area contributed by atoms with Crippen LogP contribution in [0.25, 0.3) is 0 Å². The van der Waals surface area contributed by atoms with Gasteiger partial charge in [-0.05, 0) is 43.2 Å². The van der Waals surface area contributed by atoms with Gasteiger partial charge < -0.3 is 11.1 Å². The molecule has 0 amide bonds. The second kappa shape index (κ2) is 5.04. The van der Waals surface area contributed by atoms with E-state index in [0.717, 1.165) is 16.8 Å². The SMILES string of the molecule is Cc1cc(N)c(Cl)c(Nc2ncc(Cl)cc2C)c1. The van der Waals surface area contributed by atoms with Crippen LogP contribution in [0.5, 0.6) is 0 Å². The molecule has 2 rings (SSSR count). The fourth-order valence-corrected chi connectivity index (χ4v) is 2.06. The third kappa shape index (κ3) is 2.68. The maximum atomic E-state index is 6.16. The molecule has 0 saturated heterocycles. The van der Waals surface area contributed by atoms with Crippen LogP contribution in [0.4, 0.5) is 17.2 Å². The summed E-state index contributed by atoms with van der Waals surface area (Å²) >= 11 is 12.0. The second-order valence-electron chi connectivity index (χ2n) is 4.16. The summed E-state index contributed by atoms with van der Waals surface area (Å²) in [6, 6.07) is 5.59. The first-order valence-corrected chi connectivity index (χ1v) is 6.18. The molecule has 0 saturated carbocycles. The van der Waals surface area contributed by atoms with Crippen molar-refractivity contribution in [1.29, 1.82) is 0 Å². The van der Waals surface area contributed by atoms with Gasteiger partial charge in [0.05, 0.1) is 21.4 Å². The molecule has 0 aliphatic heterocycles. The van der Waals surface area contributed by atoms with Crippen molar-refractivity contribution in [1.82, 2.24) is 4.98 Å². The Morgan fingerprint density at radius 3 is 2.56 bits per heavy atom. The summed E-state index contributed by atoms with van der Waals surface area (Å²) in [6.07, 6.45) is 1.59. The summed E-state index contributed by atoms with van der Waals surface area (Å²) < 4.78 is 0. The predicted octanol–water partition coefficient (Wildman–Crippen LogP) is 4.33. The van der Waals surface area contributed by atoms with Crippen molar-refractivity contribution in [2.45, 2.75) is 13.8 Å². The van der Waals surface area contributed by atoms with E-state index in [0.29, 0.717) is 21.6 Å². The highest BCUT2D eigenvalue weighted by atomic mass is 35.5. The van der Waals surface area contributed by atoms with E-state index in [1.54, 1.807) is 6.20 Å². The minimum Gasteiger partial charge on any atom is -0.397 e. The molecule has 0 aliphatic rings. The number of rotatable bonds is 2. The lowest BCUT2D eigenvalue weighted by Crippen LogP contribution is -1.99. The van der Waals surface area contributed by atoms with Gasteiger partial charge in [-0.1, -0.05) is 23.2 Å². The fraction of sp³-hybridized carbons (Fsp3) is 0.154. The highest BCUT2D eigenvalue weighted by molar-refractivity contribution is 6.36. The molecule has 0 atom stereocenters. The Kier molecular flexibility index (Phi) is 3.64. The number of nitrogen functional groups attached to an aromatic ring is 1. The van der Waals surface area contributed by atoms with Gasteiger partial charge in [-0.3, -0.25) is 0 Å². The maximum absolute atomic E-state index is 6.16. The number of pyridine rings is 1. The molecule has 3 N–H and O–H groups in total. The van der Waals surface area contributed by atoms with Crippen molar-refractivity contribution in [2.75, 3.05) is 11.1 Å². The molecule has 5 heteroatoms. The predicted molar refractivity (Wildman–Crippen MR) is 77.9 cm³/mol. The molecule has 0 radical (unpaired) electrons. The van der Waals surface area contributed by atoms with Crippen molar-refractivity contribution in [3.8, 4) is 0 Å². The Hall–Kier alpha value is -1.45. The van der Waals surface area contributed by atoms with Gasteiger partial charge in [0.25, 0.3) is 0 Å². The first kappa shape index (κ1) is 13.0. The molecule has 0 aliphatic carbocycles. The standard InChI is InChI=1S/C13H13Cl2N3/c1-7-3-10(16)12(15)11(4-7)18-13-8(2)5-9(14)6-17-13/h3-6H,16H2,1-2H3,(H,17,18). The third-order valence-corrected chi connectivity index (χ3v) is 3.17. The van der Waals surface area contributed by atoms with Crippen molar-refractivity contribution >= 4 is 40.4 Å². The number of hydrogen-bond acceptors (Lipinski definition) is 3. The van der Waals surface area contributed by atoms with Crippen molar-refractivity contribution in [3.05, 3.63) is 45.6 Å². The van der Waals surface area contributed by atoms with E-state index >= 15 is 0 Å².